The topological polar surface area (TPSA) is 120 Å². The number of aryl methyl sites for hydroxylation is 2. The fourth-order valence-electron chi connectivity index (χ4n) is 1.73. The van der Waals surface area contributed by atoms with Crippen molar-refractivity contribution in [2.45, 2.75) is 6.92 Å². The van der Waals surface area contributed by atoms with Crippen LogP contribution in [0.3, 0.4) is 0 Å². The third kappa shape index (κ3) is 1.95. The molecule has 0 saturated carbocycles. The van der Waals surface area contributed by atoms with Crippen LogP contribution in [0.25, 0.3) is 11.0 Å². The zero-order valence-electron chi connectivity index (χ0n) is 10.4. The highest BCUT2D eigenvalue weighted by molar-refractivity contribution is 5.80. The second-order valence-corrected chi connectivity index (χ2v) is 3.98. The molecule has 3 rings (SSSR count). The van der Waals surface area contributed by atoms with E-state index in [1.54, 1.807) is 17.9 Å². The Morgan fingerprint density at radius 2 is 2.26 bits per heavy atom. The fourth-order valence-corrected chi connectivity index (χ4v) is 1.73. The molecule has 4 N–H and O–H groups in total. The molecule has 0 fully saturated rings. The number of rotatable bonds is 3. The van der Waals surface area contributed by atoms with Crippen molar-refractivity contribution in [3.05, 3.63) is 18.0 Å². The van der Waals surface area contributed by atoms with Gasteiger partial charge in [-0.25, -0.2) is 10.5 Å². The summed E-state index contributed by atoms with van der Waals surface area (Å²) in [6.45, 7) is 1.88. The van der Waals surface area contributed by atoms with Crippen molar-refractivity contribution < 1.29 is 4.74 Å². The highest BCUT2D eigenvalue weighted by Crippen LogP contribution is 2.27. The van der Waals surface area contributed by atoms with Crippen LogP contribution in [-0.2, 0) is 7.05 Å². The maximum absolute atomic E-state index is 5.74. The first kappa shape index (κ1) is 11.4. The van der Waals surface area contributed by atoms with Crippen LogP contribution in [0.1, 0.15) is 5.69 Å². The smallest absolute Gasteiger partial charge is 0.242 e. The lowest BCUT2D eigenvalue weighted by molar-refractivity contribution is 0.420. The second kappa shape index (κ2) is 4.21. The number of anilines is 1. The number of aromatic amines is 1. The number of fused-ring (bicyclic) bond motifs is 1. The lowest BCUT2D eigenvalue weighted by Crippen LogP contribution is -2.11. The third-order valence-corrected chi connectivity index (χ3v) is 2.56. The summed E-state index contributed by atoms with van der Waals surface area (Å²) in [5, 5.41) is 11.5. The first-order valence-corrected chi connectivity index (χ1v) is 5.53. The molecule has 0 atom stereocenters. The van der Waals surface area contributed by atoms with E-state index in [2.05, 4.69) is 30.7 Å². The minimum absolute atomic E-state index is 0.241. The average molecular weight is 260 g/mol. The monoisotopic (exact) mass is 260 g/mol. The summed E-state index contributed by atoms with van der Waals surface area (Å²) in [4.78, 5) is 8.28. The van der Waals surface area contributed by atoms with Gasteiger partial charge >= 0.3 is 0 Å². The Hall–Kier alpha value is -2.68. The van der Waals surface area contributed by atoms with Crippen molar-refractivity contribution in [2.75, 3.05) is 5.43 Å². The van der Waals surface area contributed by atoms with Gasteiger partial charge in [0.05, 0.1) is 11.9 Å². The Morgan fingerprint density at radius 3 is 2.95 bits per heavy atom. The molecule has 0 aliphatic rings. The van der Waals surface area contributed by atoms with Crippen LogP contribution in [0.15, 0.2) is 12.3 Å². The van der Waals surface area contributed by atoms with Gasteiger partial charge in [0.15, 0.2) is 5.65 Å². The molecule has 0 unspecified atom stereocenters. The number of aromatic nitrogens is 6. The molecule has 3 aromatic heterocycles. The first-order chi connectivity index (χ1) is 9.17. The second-order valence-electron chi connectivity index (χ2n) is 3.98. The van der Waals surface area contributed by atoms with Gasteiger partial charge in [0.2, 0.25) is 17.7 Å². The van der Waals surface area contributed by atoms with Crippen molar-refractivity contribution >= 4 is 17.0 Å². The predicted molar refractivity (Wildman–Crippen MR) is 67.5 cm³/mol. The van der Waals surface area contributed by atoms with Gasteiger partial charge in [-0.2, -0.15) is 20.2 Å². The van der Waals surface area contributed by atoms with Crippen LogP contribution in [0.2, 0.25) is 0 Å². The predicted octanol–water partition coefficient (Wildman–Crippen LogP) is 0.473. The molecule has 9 nitrogen and oxygen atoms in total. The summed E-state index contributed by atoms with van der Waals surface area (Å²) in [5.74, 6) is 6.49. The van der Waals surface area contributed by atoms with Crippen molar-refractivity contribution in [3.8, 4) is 11.8 Å². The van der Waals surface area contributed by atoms with Crippen molar-refractivity contribution in [3.63, 3.8) is 0 Å². The first-order valence-electron chi connectivity index (χ1n) is 5.53. The van der Waals surface area contributed by atoms with E-state index in [-0.39, 0.29) is 5.95 Å². The third-order valence-electron chi connectivity index (χ3n) is 2.56. The van der Waals surface area contributed by atoms with Gasteiger partial charge in [0, 0.05) is 13.1 Å². The van der Waals surface area contributed by atoms with Gasteiger partial charge in [-0.3, -0.25) is 10.5 Å². The number of ether oxygens (including phenoxy) is 1. The van der Waals surface area contributed by atoms with Gasteiger partial charge in [0.25, 0.3) is 0 Å². The number of nitrogens with two attached hydrogens (primary N) is 1. The normalized spacial score (nSPS) is 10.9. The van der Waals surface area contributed by atoms with E-state index in [0.29, 0.717) is 22.8 Å². The number of hydrogen-bond acceptors (Lipinski definition) is 7. The van der Waals surface area contributed by atoms with E-state index < -0.39 is 0 Å². The van der Waals surface area contributed by atoms with Gasteiger partial charge in [0.1, 0.15) is 5.39 Å². The van der Waals surface area contributed by atoms with Crippen LogP contribution in [0.4, 0.5) is 5.95 Å². The highest BCUT2D eigenvalue weighted by Gasteiger charge is 2.13. The lowest BCUT2D eigenvalue weighted by Gasteiger charge is -2.06. The Labute approximate surface area is 107 Å². The van der Waals surface area contributed by atoms with E-state index in [1.165, 1.54) is 0 Å². The molecule has 0 amide bonds. The molecule has 3 aromatic rings. The molecule has 98 valence electrons. The van der Waals surface area contributed by atoms with Crippen LogP contribution in [0.5, 0.6) is 11.8 Å². The van der Waals surface area contributed by atoms with Gasteiger partial charge in [-0.15, -0.1) is 0 Å². The molecule has 0 aliphatic heterocycles. The minimum Gasteiger partial charge on any atom is -0.420 e. The highest BCUT2D eigenvalue weighted by atomic mass is 16.5. The van der Waals surface area contributed by atoms with Crippen LogP contribution in [-0.4, -0.2) is 29.9 Å². The largest absolute Gasteiger partial charge is 0.420 e. The number of hydrogen-bond donors (Lipinski definition) is 3. The van der Waals surface area contributed by atoms with Gasteiger partial charge < -0.3 is 4.74 Å². The molecule has 19 heavy (non-hydrogen) atoms. The van der Waals surface area contributed by atoms with E-state index in [0.717, 1.165) is 5.69 Å². The maximum atomic E-state index is 5.74. The minimum atomic E-state index is 0.241. The molecule has 3 heterocycles. The Morgan fingerprint density at radius 1 is 1.42 bits per heavy atom. The zero-order valence-corrected chi connectivity index (χ0v) is 10.4. The van der Waals surface area contributed by atoms with Crippen molar-refractivity contribution in [2.24, 2.45) is 12.9 Å². The van der Waals surface area contributed by atoms with Crippen LogP contribution < -0.4 is 16.0 Å². The molecule has 0 aliphatic carbocycles. The molecule has 0 aromatic carbocycles. The summed E-state index contributed by atoms with van der Waals surface area (Å²) < 4.78 is 7.36. The number of nitrogens with zero attached hydrogens (tertiary/aromatic N) is 5. The number of nitrogens with one attached hydrogen (secondary N) is 2. The summed E-state index contributed by atoms with van der Waals surface area (Å²) in [5.41, 5.74) is 3.78. The standard InChI is InChI=1S/C10H12N8O/c1-5-3-7(18(2)17-5)19-9-6-4-12-16-8(6)13-10(14-9)15-11/h3-4H,11H2,1-2H3,(H2,12,13,14,15,16). The zero-order chi connectivity index (χ0) is 13.4. The molecular formula is C10H12N8O. The van der Waals surface area contributed by atoms with Crippen molar-refractivity contribution in [1.29, 1.82) is 0 Å². The Kier molecular flexibility index (Phi) is 2.53. The molecule has 0 spiro atoms. The van der Waals surface area contributed by atoms with Crippen LogP contribution >= 0.6 is 0 Å². The van der Waals surface area contributed by atoms with Gasteiger partial charge in [-0.05, 0) is 6.92 Å². The van der Waals surface area contributed by atoms with Crippen molar-refractivity contribution in [1.82, 2.24) is 29.9 Å². The molecule has 9 heteroatoms. The fraction of sp³-hybridized carbons (Fsp3) is 0.200. The number of H-pyrrole nitrogens is 1. The summed E-state index contributed by atoms with van der Waals surface area (Å²) in [6.07, 6.45) is 1.59. The van der Waals surface area contributed by atoms with E-state index in [9.17, 15) is 0 Å². The van der Waals surface area contributed by atoms with Gasteiger partial charge in [-0.1, -0.05) is 0 Å². The van der Waals surface area contributed by atoms with E-state index in [4.69, 9.17) is 10.6 Å². The maximum Gasteiger partial charge on any atom is 0.242 e. The lowest BCUT2D eigenvalue weighted by atomic mass is 10.4. The molecular weight excluding hydrogens is 248 g/mol. The Balaban J connectivity index is 2.08. The Bertz CT molecular complexity index is 730. The summed E-state index contributed by atoms with van der Waals surface area (Å²) in [6, 6.07) is 1.81. The molecule has 0 bridgehead atoms. The van der Waals surface area contributed by atoms with Crippen LogP contribution in [0, 0.1) is 6.92 Å². The SMILES string of the molecule is Cc1cc(Oc2nc(NN)nc3[nH]ncc23)n(C)n1. The average Bonchev–Trinajstić information content (AvgIpc) is 2.96. The summed E-state index contributed by atoms with van der Waals surface area (Å²) in [7, 11) is 1.79. The number of hydrazine groups is 1. The summed E-state index contributed by atoms with van der Waals surface area (Å²) >= 11 is 0. The number of nitrogen functional groups attached to an aromatic ring is 1. The molecule has 0 radical (unpaired) electrons. The quantitative estimate of drug-likeness (QED) is 0.462. The van der Waals surface area contributed by atoms with E-state index >= 15 is 0 Å². The van der Waals surface area contributed by atoms with E-state index in [1.807, 2.05) is 13.0 Å². The molecule has 0 saturated heterocycles.